The smallest absolute Gasteiger partial charge is 0.234 e. The van der Waals surface area contributed by atoms with E-state index in [0.29, 0.717) is 19.2 Å². The van der Waals surface area contributed by atoms with E-state index in [1.807, 2.05) is 6.92 Å². The maximum Gasteiger partial charge on any atom is 0.234 e. The number of nitrogens with zero attached hydrogens (tertiary/aromatic N) is 1. The highest BCUT2D eigenvalue weighted by Gasteiger charge is 2.22. The average molecular weight is 242 g/mol. The Kier molecular flexibility index (Phi) is 6.52. The molecule has 0 aromatic rings. The van der Waals surface area contributed by atoms with Crippen molar-refractivity contribution in [1.82, 2.24) is 10.2 Å². The number of likely N-dealkylation sites (tertiary alicyclic amines) is 1. The van der Waals surface area contributed by atoms with Crippen LogP contribution >= 0.6 is 0 Å². The molecule has 1 fully saturated rings. The van der Waals surface area contributed by atoms with Crippen molar-refractivity contribution in [1.29, 1.82) is 0 Å². The van der Waals surface area contributed by atoms with Crippen molar-refractivity contribution in [3.8, 4) is 0 Å². The van der Waals surface area contributed by atoms with Gasteiger partial charge in [0, 0.05) is 19.2 Å². The van der Waals surface area contributed by atoms with E-state index < -0.39 is 0 Å². The Morgan fingerprint density at radius 2 is 2.29 bits per heavy atom. The number of carbonyl (C=O) groups is 1. The van der Waals surface area contributed by atoms with Crippen LogP contribution in [-0.4, -0.2) is 49.7 Å². The average Bonchev–Trinajstić information content (AvgIpc) is 2.29. The van der Waals surface area contributed by atoms with Crippen molar-refractivity contribution in [2.45, 2.75) is 51.6 Å². The summed E-state index contributed by atoms with van der Waals surface area (Å²) in [6, 6.07) is 0.685. The third-order valence-electron chi connectivity index (χ3n) is 3.39. The van der Waals surface area contributed by atoms with Crippen LogP contribution in [0.1, 0.15) is 39.5 Å². The van der Waals surface area contributed by atoms with Crippen LogP contribution in [0.15, 0.2) is 0 Å². The van der Waals surface area contributed by atoms with Crippen LogP contribution in [0.25, 0.3) is 0 Å². The van der Waals surface area contributed by atoms with Gasteiger partial charge in [-0.1, -0.05) is 13.3 Å². The Hall–Kier alpha value is -0.610. The molecule has 0 saturated carbocycles. The van der Waals surface area contributed by atoms with E-state index >= 15 is 0 Å². The van der Waals surface area contributed by atoms with E-state index in [-0.39, 0.29) is 11.9 Å². The van der Waals surface area contributed by atoms with Gasteiger partial charge in [-0.2, -0.15) is 0 Å². The number of piperidine rings is 1. The molecule has 17 heavy (non-hydrogen) atoms. The van der Waals surface area contributed by atoms with Crippen LogP contribution in [0.3, 0.4) is 0 Å². The van der Waals surface area contributed by atoms with E-state index in [9.17, 15) is 4.79 Å². The van der Waals surface area contributed by atoms with Crippen molar-refractivity contribution < 1.29 is 9.53 Å². The number of ether oxygens (including phenoxy) is 1. The van der Waals surface area contributed by atoms with E-state index in [2.05, 4.69) is 17.1 Å². The van der Waals surface area contributed by atoms with E-state index in [0.717, 1.165) is 13.0 Å². The third-order valence-corrected chi connectivity index (χ3v) is 3.39. The minimum Gasteiger partial charge on any atom is -0.383 e. The summed E-state index contributed by atoms with van der Waals surface area (Å²) in [5.41, 5.74) is 0. The van der Waals surface area contributed by atoms with Crippen LogP contribution < -0.4 is 5.32 Å². The zero-order chi connectivity index (χ0) is 12.7. The molecule has 0 bridgehead atoms. The Morgan fingerprint density at radius 3 is 2.94 bits per heavy atom. The molecule has 0 aromatic heterocycles. The highest BCUT2D eigenvalue weighted by molar-refractivity contribution is 5.78. The molecule has 0 radical (unpaired) electrons. The Balaban J connectivity index is 2.33. The van der Waals surface area contributed by atoms with Gasteiger partial charge in [-0.3, -0.25) is 9.69 Å². The van der Waals surface area contributed by atoms with Crippen molar-refractivity contribution in [2.75, 3.05) is 26.8 Å². The molecule has 1 aliphatic rings. The van der Waals surface area contributed by atoms with Gasteiger partial charge in [0.05, 0.1) is 13.2 Å². The summed E-state index contributed by atoms with van der Waals surface area (Å²) >= 11 is 0. The summed E-state index contributed by atoms with van der Waals surface area (Å²) in [5.74, 6) is 0.120. The van der Waals surface area contributed by atoms with E-state index in [4.69, 9.17) is 4.74 Å². The lowest BCUT2D eigenvalue weighted by Crippen LogP contribution is -2.47. The zero-order valence-corrected chi connectivity index (χ0v) is 11.4. The minimum atomic E-state index is 0.0948. The first kappa shape index (κ1) is 14.5. The second kappa shape index (κ2) is 7.67. The first-order valence-electron chi connectivity index (χ1n) is 6.69. The highest BCUT2D eigenvalue weighted by Crippen LogP contribution is 2.18. The van der Waals surface area contributed by atoms with Gasteiger partial charge in [-0.15, -0.1) is 0 Å². The number of rotatable bonds is 6. The topological polar surface area (TPSA) is 41.6 Å². The SMILES string of the molecule is CC[C@@H]1CCCCN1CC(=O)N[C@@H](C)COC. The molecule has 1 amide bonds. The summed E-state index contributed by atoms with van der Waals surface area (Å²) < 4.78 is 5.01. The van der Waals surface area contributed by atoms with Gasteiger partial charge in [0.25, 0.3) is 0 Å². The molecule has 1 aliphatic heterocycles. The summed E-state index contributed by atoms with van der Waals surface area (Å²) in [7, 11) is 1.65. The van der Waals surface area contributed by atoms with Crippen molar-refractivity contribution in [3.63, 3.8) is 0 Å². The number of hydrogen-bond donors (Lipinski definition) is 1. The van der Waals surface area contributed by atoms with E-state index in [1.54, 1.807) is 7.11 Å². The van der Waals surface area contributed by atoms with Gasteiger partial charge >= 0.3 is 0 Å². The fourth-order valence-electron chi connectivity index (χ4n) is 2.53. The van der Waals surface area contributed by atoms with Crippen molar-refractivity contribution in [2.24, 2.45) is 0 Å². The number of hydrogen-bond acceptors (Lipinski definition) is 3. The van der Waals surface area contributed by atoms with Crippen LogP contribution in [0, 0.1) is 0 Å². The summed E-state index contributed by atoms with van der Waals surface area (Å²) in [6.45, 7) is 6.34. The van der Waals surface area contributed by atoms with Crippen molar-refractivity contribution in [3.05, 3.63) is 0 Å². The number of carbonyl (C=O) groups excluding carboxylic acids is 1. The lowest BCUT2D eigenvalue weighted by Gasteiger charge is -2.34. The first-order chi connectivity index (χ1) is 8.17. The van der Waals surface area contributed by atoms with Gasteiger partial charge in [0.2, 0.25) is 5.91 Å². The molecule has 4 nitrogen and oxygen atoms in total. The highest BCUT2D eigenvalue weighted by atomic mass is 16.5. The van der Waals surface area contributed by atoms with Gasteiger partial charge in [-0.25, -0.2) is 0 Å². The molecular formula is C13H26N2O2. The normalized spacial score (nSPS) is 23.4. The van der Waals surface area contributed by atoms with Gasteiger partial charge < -0.3 is 10.1 Å². The van der Waals surface area contributed by atoms with Crippen LogP contribution in [-0.2, 0) is 9.53 Å². The molecule has 0 aliphatic carbocycles. The number of amides is 1. The van der Waals surface area contributed by atoms with Gasteiger partial charge in [0.15, 0.2) is 0 Å². The molecule has 0 aromatic carbocycles. The third kappa shape index (κ3) is 5.04. The fraction of sp³-hybridized carbons (Fsp3) is 0.923. The Labute approximate surface area is 105 Å². The van der Waals surface area contributed by atoms with E-state index in [1.165, 1.54) is 19.3 Å². The van der Waals surface area contributed by atoms with Crippen LogP contribution in [0.5, 0.6) is 0 Å². The second-order valence-corrected chi connectivity index (χ2v) is 4.95. The minimum absolute atomic E-state index is 0.0948. The van der Waals surface area contributed by atoms with Gasteiger partial charge in [0.1, 0.15) is 0 Å². The molecule has 0 unspecified atom stereocenters. The lowest BCUT2D eigenvalue weighted by molar-refractivity contribution is -0.124. The van der Waals surface area contributed by atoms with Crippen molar-refractivity contribution >= 4 is 5.91 Å². The number of nitrogens with one attached hydrogen (secondary N) is 1. The fourth-order valence-corrected chi connectivity index (χ4v) is 2.53. The number of methoxy groups -OCH3 is 1. The predicted octanol–water partition coefficient (Wildman–Crippen LogP) is 1.40. The monoisotopic (exact) mass is 242 g/mol. The van der Waals surface area contributed by atoms with Crippen LogP contribution in [0.2, 0.25) is 0 Å². The molecule has 4 heteroatoms. The molecule has 1 rings (SSSR count). The zero-order valence-electron chi connectivity index (χ0n) is 11.4. The molecular weight excluding hydrogens is 216 g/mol. The first-order valence-corrected chi connectivity index (χ1v) is 6.69. The standard InChI is InChI=1S/C13H26N2O2/c1-4-12-7-5-6-8-15(12)9-13(16)14-11(2)10-17-3/h11-12H,4-10H2,1-3H3,(H,14,16)/t11-,12+/m0/s1. The maximum atomic E-state index is 11.8. The largest absolute Gasteiger partial charge is 0.383 e. The van der Waals surface area contributed by atoms with Gasteiger partial charge in [-0.05, 0) is 32.7 Å². The molecule has 1 heterocycles. The predicted molar refractivity (Wildman–Crippen MR) is 69.0 cm³/mol. The molecule has 100 valence electrons. The summed E-state index contributed by atoms with van der Waals surface area (Å²) in [6.07, 6.45) is 4.90. The molecule has 0 spiro atoms. The summed E-state index contributed by atoms with van der Waals surface area (Å²) in [4.78, 5) is 14.2. The maximum absolute atomic E-state index is 11.8. The molecule has 1 saturated heterocycles. The lowest BCUT2D eigenvalue weighted by atomic mass is 10.00. The second-order valence-electron chi connectivity index (χ2n) is 4.95. The molecule has 2 atom stereocenters. The summed E-state index contributed by atoms with van der Waals surface area (Å²) in [5, 5.41) is 2.97. The Morgan fingerprint density at radius 1 is 1.53 bits per heavy atom. The Bertz CT molecular complexity index is 233. The molecule has 1 N–H and O–H groups in total. The van der Waals surface area contributed by atoms with Crippen LogP contribution in [0.4, 0.5) is 0 Å². The quantitative estimate of drug-likeness (QED) is 0.765.